The second kappa shape index (κ2) is 10.6. The summed E-state index contributed by atoms with van der Waals surface area (Å²) in [5, 5.41) is 10.7. The van der Waals surface area contributed by atoms with Crippen molar-refractivity contribution in [1.29, 1.82) is 0 Å². The minimum absolute atomic E-state index is 0.0181. The van der Waals surface area contributed by atoms with Gasteiger partial charge in [-0.2, -0.15) is 0 Å². The zero-order chi connectivity index (χ0) is 20.6. The Labute approximate surface area is 169 Å². The average molecular weight is 405 g/mol. The van der Waals surface area contributed by atoms with Gasteiger partial charge in [-0.1, -0.05) is 49.7 Å². The van der Waals surface area contributed by atoms with E-state index in [1.165, 1.54) is 4.31 Å². The molecule has 0 unspecified atom stereocenters. The number of aryl methyl sites for hydroxylation is 1. The molecule has 0 aliphatic rings. The zero-order valence-electron chi connectivity index (χ0n) is 17.1. The molecular weight excluding hydrogens is 372 g/mol. The maximum Gasteiger partial charge on any atom is 0.264 e. The summed E-state index contributed by atoms with van der Waals surface area (Å²) >= 11 is 0. The van der Waals surface area contributed by atoms with Gasteiger partial charge in [-0.05, 0) is 57.1 Å². The van der Waals surface area contributed by atoms with Crippen molar-refractivity contribution in [2.45, 2.75) is 44.6 Å². The molecular formula is C22H32N2O3S. The van der Waals surface area contributed by atoms with Crippen LogP contribution in [0.4, 0.5) is 5.69 Å². The molecule has 0 spiro atoms. The predicted octanol–water partition coefficient (Wildman–Crippen LogP) is 3.67. The smallest absolute Gasteiger partial charge is 0.264 e. The second-order valence-electron chi connectivity index (χ2n) is 7.14. The van der Waals surface area contributed by atoms with Crippen molar-refractivity contribution in [3.63, 3.8) is 0 Å². The maximum absolute atomic E-state index is 13.3. The molecule has 0 aromatic heterocycles. The summed E-state index contributed by atoms with van der Waals surface area (Å²) in [6.45, 7) is 8.42. The number of rotatable bonds is 11. The van der Waals surface area contributed by atoms with E-state index in [-0.39, 0.29) is 11.4 Å². The van der Waals surface area contributed by atoms with Gasteiger partial charge in [-0.25, -0.2) is 8.42 Å². The van der Waals surface area contributed by atoms with Gasteiger partial charge in [0.05, 0.1) is 23.2 Å². The Morgan fingerprint density at radius 1 is 0.893 bits per heavy atom. The standard InChI is InChI=1S/C22H32N2O3S/c1-4-15-23(16-5-2)17-21(25)18-24(20-13-11-19(3)12-14-20)28(26,27)22-9-7-6-8-10-22/h6-14,21,25H,4-5,15-18H2,1-3H3/t21-/m0/s1. The minimum atomic E-state index is -3.77. The fourth-order valence-corrected chi connectivity index (χ4v) is 4.77. The van der Waals surface area contributed by atoms with E-state index >= 15 is 0 Å². The van der Waals surface area contributed by atoms with Crippen LogP contribution in [0.5, 0.6) is 0 Å². The van der Waals surface area contributed by atoms with Crippen LogP contribution < -0.4 is 4.31 Å². The van der Waals surface area contributed by atoms with Crippen LogP contribution in [0.1, 0.15) is 32.3 Å². The van der Waals surface area contributed by atoms with Crippen LogP contribution in [-0.4, -0.2) is 50.7 Å². The molecule has 0 aliphatic carbocycles. The summed E-state index contributed by atoms with van der Waals surface area (Å²) in [6.07, 6.45) is 1.21. The van der Waals surface area contributed by atoms with E-state index in [0.717, 1.165) is 31.5 Å². The molecule has 0 heterocycles. The molecule has 0 saturated heterocycles. The fourth-order valence-electron chi connectivity index (χ4n) is 3.25. The van der Waals surface area contributed by atoms with Gasteiger partial charge in [0.15, 0.2) is 0 Å². The summed E-state index contributed by atoms with van der Waals surface area (Å²) in [5.41, 5.74) is 1.62. The molecule has 2 rings (SSSR count). The number of nitrogens with zero attached hydrogens (tertiary/aromatic N) is 2. The van der Waals surface area contributed by atoms with E-state index < -0.39 is 16.1 Å². The third-order valence-electron chi connectivity index (χ3n) is 4.58. The van der Waals surface area contributed by atoms with Crippen LogP contribution in [-0.2, 0) is 10.0 Å². The SMILES string of the molecule is CCCN(CCC)C[C@H](O)CN(c1ccc(C)cc1)S(=O)(=O)c1ccccc1. The fraction of sp³-hybridized carbons (Fsp3) is 0.455. The van der Waals surface area contributed by atoms with Gasteiger partial charge in [0.25, 0.3) is 10.0 Å². The lowest BCUT2D eigenvalue weighted by Gasteiger charge is -2.30. The summed E-state index contributed by atoms with van der Waals surface area (Å²) in [4.78, 5) is 2.41. The van der Waals surface area contributed by atoms with Crippen LogP contribution in [0, 0.1) is 6.92 Å². The summed E-state index contributed by atoms with van der Waals surface area (Å²) in [6, 6.07) is 15.7. The normalized spacial score (nSPS) is 12.9. The van der Waals surface area contributed by atoms with E-state index in [4.69, 9.17) is 0 Å². The van der Waals surface area contributed by atoms with Crippen molar-refractivity contribution in [2.75, 3.05) is 30.5 Å². The largest absolute Gasteiger partial charge is 0.390 e. The van der Waals surface area contributed by atoms with E-state index in [0.29, 0.717) is 12.2 Å². The van der Waals surface area contributed by atoms with Crippen molar-refractivity contribution >= 4 is 15.7 Å². The van der Waals surface area contributed by atoms with Crippen LogP contribution >= 0.6 is 0 Å². The van der Waals surface area contributed by atoms with Crippen LogP contribution in [0.3, 0.4) is 0 Å². The molecule has 1 atom stereocenters. The minimum Gasteiger partial charge on any atom is -0.390 e. The van der Waals surface area contributed by atoms with Gasteiger partial charge in [0, 0.05) is 6.54 Å². The Morgan fingerprint density at radius 2 is 1.46 bits per heavy atom. The molecule has 2 aromatic carbocycles. The molecule has 154 valence electrons. The monoisotopic (exact) mass is 404 g/mol. The Morgan fingerprint density at radius 3 is 2.00 bits per heavy atom. The molecule has 0 aliphatic heterocycles. The molecule has 6 heteroatoms. The lowest BCUT2D eigenvalue weighted by atomic mass is 10.2. The molecule has 0 saturated carbocycles. The first-order chi connectivity index (χ1) is 13.4. The number of aliphatic hydroxyl groups excluding tert-OH is 1. The quantitative estimate of drug-likeness (QED) is 0.621. The van der Waals surface area contributed by atoms with Crippen molar-refractivity contribution in [3.05, 3.63) is 60.2 Å². The predicted molar refractivity (Wildman–Crippen MR) is 115 cm³/mol. The van der Waals surface area contributed by atoms with E-state index in [2.05, 4.69) is 18.7 Å². The van der Waals surface area contributed by atoms with Crippen molar-refractivity contribution in [1.82, 2.24) is 4.90 Å². The van der Waals surface area contributed by atoms with Crippen LogP contribution in [0.25, 0.3) is 0 Å². The molecule has 0 fully saturated rings. The highest BCUT2D eigenvalue weighted by molar-refractivity contribution is 7.92. The van der Waals surface area contributed by atoms with Gasteiger partial charge < -0.3 is 10.0 Å². The number of anilines is 1. The molecule has 5 nitrogen and oxygen atoms in total. The highest BCUT2D eigenvalue weighted by atomic mass is 32.2. The number of benzene rings is 2. The number of hydrogen-bond donors (Lipinski definition) is 1. The number of sulfonamides is 1. The Hall–Kier alpha value is -1.89. The average Bonchev–Trinajstić information content (AvgIpc) is 2.68. The lowest BCUT2D eigenvalue weighted by Crippen LogP contribution is -2.43. The molecule has 0 radical (unpaired) electrons. The van der Waals surface area contributed by atoms with Crippen LogP contribution in [0.15, 0.2) is 59.5 Å². The topological polar surface area (TPSA) is 60.9 Å². The molecule has 0 bridgehead atoms. The molecule has 0 amide bonds. The Balaban J connectivity index is 2.30. The number of hydrogen-bond acceptors (Lipinski definition) is 4. The lowest BCUT2D eigenvalue weighted by molar-refractivity contribution is 0.119. The van der Waals surface area contributed by atoms with E-state index in [1.807, 2.05) is 19.1 Å². The highest BCUT2D eigenvalue weighted by Crippen LogP contribution is 2.24. The maximum atomic E-state index is 13.3. The van der Waals surface area contributed by atoms with E-state index in [1.54, 1.807) is 42.5 Å². The Kier molecular flexibility index (Phi) is 8.48. The molecule has 1 N–H and O–H groups in total. The highest BCUT2D eigenvalue weighted by Gasteiger charge is 2.27. The van der Waals surface area contributed by atoms with Gasteiger partial charge >= 0.3 is 0 Å². The van der Waals surface area contributed by atoms with Crippen LogP contribution in [0.2, 0.25) is 0 Å². The van der Waals surface area contributed by atoms with Gasteiger partial charge in [0.1, 0.15) is 0 Å². The first-order valence-electron chi connectivity index (χ1n) is 9.93. The molecule has 2 aromatic rings. The second-order valence-corrected chi connectivity index (χ2v) is 9.00. The third kappa shape index (κ3) is 6.06. The third-order valence-corrected chi connectivity index (χ3v) is 6.39. The van der Waals surface area contributed by atoms with E-state index in [9.17, 15) is 13.5 Å². The van der Waals surface area contributed by atoms with Gasteiger partial charge in [-0.3, -0.25) is 4.31 Å². The summed E-state index contributed by atoms with van der Waals surface area (Å²) in [5.74, 6) is 0. The summed E-state index contributed by atoms with van der Waals surface area (Å²) < 4.78 is 27.9. The summed E-state index contributed by atoms with van der Waals surface area (Å²) in [7, 11) is -3.77. The van der Waals surface area contributed by atoms with Crippen molar-refractivity contribution in [3.8, 4) is 0 Å². The van der Waals surface area contributed by atoms with Gasteiger partial charge in [-0.15, -0.1) is 0 Å². The first kappa shape index (κ1) is 22.4. The Bertz CT molecular complexity index is 801. The molecule has 28 heavy (non-hydrogen) atoms. The zero-order valence-corrected chi connectivity index (χ0v) is 17.9. The van der Waals surface area contributed by atoms with Crippen molar-refractivity contribution < 1.29 is 13.5 Å². The number of aliphatic hydroxyl groups is 1. The first-order valence-corrected chi connectivity index (χ1v) is 11.4. The van der Waals surface area contributed by atoms with Gasteiger partial charge in [0.2, 0.25) is 0 Å². The van der Waals surface area contributed by atoms with Crippen molar-refractivity contribution in [2.24, 2.45) is 0 Å².